The minimum Gasteiger partial charge on any atom is -0.489 e. The molecule has 1 aromatic rings. The van der Waals surface area contributed by atoms with Crippen molar-refractivity contribution in [3.8, 4) is 5.75 Å². The van der Waals surface area contributed by atoms with Gasteiger partial charge in [0.25, 0.3) is 0 Å². The smallest absolute Gasteiger partial charge is 0.411 e. The third-order valence-corrected chi connectivity index (χ3v) is 2.26. The number of rotatable bonds is 7. The lowest BCUT2D eigenvalue weighted by Gasteiger charge is -2.18. The number of pyridine rings is 1. The normalized spacial score (nSPS) is 13.6. The van der Waals surface area contributed by atoms with E-state index in [0.717, 1.165) is 0 Å². The molecular formula is C12H18F3N3O2. The second kappa shape index (κ2) is 7.41. The van der Waals surface area contributed by atoms with Crippen molar-refractivity contribution in [2.75, 3.05) is 13.2 Å². The average Bonchev–Trinajstić information content (AvgIpc) is 2.33. The van der Waals surface area contributed by atoms with Crippen molar-refractivity contribution >= 4 is 0 Å². The Morgan fingerprint density at radius 1 is 1.35 bits per heavy atom. The van der Waals surface area contributed by atoms with Crippen molar-refractivity contribution in [1.82, 2.24) is 10.4 Å². The van der Waals surface area contributed by atoms with Gasteiger partial charge < -0.3 is 9.47 Å². The summed E-state index contributed by atoms with van der Waals surface area (Å²) in [5, 5.41) is 0. The fourth-order valence-electron chi connectivity index (χ4n) is 1.50. The van der Waals surface area contributed by atoms with Crippen molar-refractivity contribution in [3.63, 3.8) is 0 Å². The van der Waals surface area contributed by atoms with Crippen LogP contribution in [0, 0.1) is 0 Å². The van der Waals surface area contributed by atoms with Crippen LogP contribution in [0.4, 0.5) is 13.2 Å². The number of nitrogens with two attached hydrogens (primary N) is 1. The van der Waals surface area contributed by atoms with Crippen molar-refractivity contribution in [3.05, 3.63) is 24.0 Å². The highest BCUT2D eigenvalue weighted by Crippen LogP contribution is 2.20. The molecule has 5 nitrogen and oxygen atoms in total. The zero-order valence-corrected chi connectivity index (χ0v) is 11.3. The summed E-state index contributed by atoms with van der Waals surface area (Å²) in [6.45, 7) is 2.18. The van der Waals surface area contributed by atoms with Crippen LogP contribution in [0.5, 0.6) is 5.75 Å². The Hall–Kier alpha value is -1.38. The van der Waals surface area contributed by atoms with E-state index in [-0.39, 0.29) is 12.7 Å². The number of hydrogen-bond donors (Lipinski definition) is 2. The highest BCUT2D eigenvalue weighted by molar-refractivity contribution is 5.26. The first-order valence-electron chi connectivity index (χ1n) is 6.04. The Morgan fingerprint density at radius 2 is 2.05 bits per heavy atom. The second-order valence-corrected chi connectivity index (χ2v) is 4.47. The quantitative estimate of drug-likeness (QED) is 0.594. The lowest BCUT2D eigenvalue weighted by molar-refractivity contribution is -0.175. The monoisotopic (exact) mass is 293 g/mol. The number of alkyl halides is 3. The summed E-state index contributed by atoms with van der Waals surface area (Å²) >= 11 is 0. The first-order chi connectivity index (χ1) is 9.31. The number of hydrogen-bond acceptors (Lipinski definition) is 5. The summed E-state index contributed by atoms with van der Waals surface area (Å²) in [5.41, 5.74) is 2.99. The molecular weight excluding hydrogens is 275 g/mol. The molecule has 0 aromatic carbocycles. The predicted octanol–water partition coefficient (Wildman–Crippen LogP) is 1.95. The Bertz CT molecular complexity index is 413. The lowest BCUT2D eigenvalue weighted by Crippen LogP contribution is -2.32. The molecule has 0 amide bonds. The zero-order chi connectivity index (χ0) is 15.2. The number of nitrogens with one attached hydrogen (secondary N) is 1. The fourth-order valence-corrected chi connectivity index (χ4v) is 1.50. The zero-order valence-electron chi connectivity index (χ0n) is 11.3. The molecule has 1 heterocycles. The van der Waals surface area contributed by atoms with E-state index in [1.54, 1.807) is 6.07 Å². The first-order valence-corrected chi connectivity index (χ1v) is 6.04. The summed E-state index contributed by atoms with van der Waals surface area (Å²) in [6, 6.07) is 1.06. The molecule has 0 aliphatic heterocycles. The summed E-state index contributed by atoms with van der Waals surface area (Å²) in [4.78, 5) is 3.97. The maximum absolute atomic E-state index is 12.0. The van der Waals surface area contributed by atoms with E-state index in [9.17, 15) is 13.2 Å². The van der Waals surface area contributed by atoms with E-state index < -0.39 is 18.8 Å². The molecule has 0 saturated heterocycles. The molecule has 0 radical (unpaired) electrons. The number of hydrazine groups is 1. The third kappa shape index (κ3) is 6.18. The lowest BCUT2D eigenvalue weighted by atomic mass is 10.1. The van der Waals surface area contributed by atoms with E-state index in [1.165, 1.54) is 12.4 Å². The number of ether oxygens (including phenoxy) is 2. The Balaban J connectivity index is 2.64. The van der Waals surface area contributed by atoms with Gasteiger partial charge in [-0.25, -0.2) is 0 Å². The standard InChI is InChI=1S/C12H18F3N3O2/c1-8(2)20-10-3-9(4-17-5-10)11(18-16)6-19-7-12(13,14)15/h3-5,8,11,18H,6-7,16H2,1-2H3. The van der Waals surface area contributed by atoms with Gasteiger partial charge in [0.2, 0.25) is 0 Å². The topological polar surface area (TPSA) is 69.4 Å². The molecule has 0 fully saturated rings. The van der Waals surface area contributed by atoms with Crippen molar-refractivity contribution in [2.45, 2.75) is 32.2 Å². The Labute approximate surface area is 115 Å². The van der Waals surface area contributed by atoms with Crippen molar-refractivity contribution in [1.29, 1.82) is 0 Å². The fraction of sp³-hybridized carbons (Fsp3) is 0.583. The molecule has 0 saturated carbocycles. The van der Waals surface area contributed by atoms with Crippen LogP contribution in [-0.2, 0) is 4.74 Å². The predicted molar refractivity (Wildman–Crippen MR) is 66.9 cm³/mol. The van der Waals surface area contributed by atoms with Gasteiger partial charge in [-0.05, 0) is 25.5 Å². The van der Waals surface area contributed by atoms with Gasteiger partial charge in [0.15, 0.2) is 0 Å². The third-order valence-electron chi connectivity index (χ3n) is 2.26. The van der Waals surface area contributed by atoms with Crippen LogP contribution in [-0.4, -0.2) is 30.5 Å². The maximum Gasteiger partial charge on any atom is 0.411 e. The molecule has 0 aliphatic carbocycles. The largest absolute Gasteiger partial charge is 0.489 e. The van der Waals surface area contributed by atoms with Gasteiger partial charge >= 0.3 is 6.18 Å². The molecule has 3 N–H and O–H groups in total. The first kappa shape index (κ1) is 16.7. The number of nitrogens with zero attached hydrogens (tertiary/aromatic N) is 1. The minimum absolute atomic E-state index is 0.0298. The molecule has 8 heteroatoms. The van der Waals surface area contributed by atoms with Crippen LogP contribution in [0.2, 0.25) is 0 Å². The van der Waals surface area contributed by atoms with E-state index in [0.29, 0.717) is 11.3 Å². The van der Waals surface area contributed by atoms with Gasteiger partial charge in [-0.1, -0.05) is 0 Å². The number of halogens is 3. The number of aromatic nitrogens is 1. The second-order valence-electron chi connectivity index (χ2n) is 4.47. The molecule has 0 spiro atoms. The van der Waals surface area contributed by atoms with E-state index in [1.807, 2.05) is 13.8 Å². The van der Waals surface area contributed by atoms with Gasteiger partial charge in [0, 0.05) is 6.20 Å². The molecule has 0 bridgehead atoms. The Morgan fingerprint density at radius 3 is 2.60 bits per heavy atom. The maximum atomic E-state index is 12.0. The molecule has 114 valence electrons. The SMILES string of the molecule is CC(C)Oc1cncc(C(COCC(F)(F)F)NN)c1. The highest BCUT2D eigenvalue weighted by Gasteiger charge is 2.28. The van der Waals surface area contributed by atoms with Crippen LogP contribution in [0.3, 0.4) is 0 Å². The van der Waals surface area contributed by atoms with Gasteiger partial charge in [0.05, 0.1) is 24.9 Å². The van der Waals surface area contributed by atoms with E-state index >= 15 is 0 Å². The molecule has 1 rings (SSSR count). The van der Waals surface area contributed by atoms with Crippen LogP contribution in [0.25, 0.3) is 0 Å². The average molecular weight is 293 g/mol. The van der Waals surface area contributed by atoms with Crippen molar-refractivity contribution in [2.24, 2.45) is 5.84 Å². The van der Waals surface area contributed by atoms with E-state index in [2.05, 4.69) is 15.1 Å². The van der Waals surface area contributed by atoms with Gasteiger partial charge in [-0.3, -0.25) is 16.3 Å². The molecule has 0 aliphatic rings. The van der Waals surface area contributed by atoms with Gasteiger partial charge in [0.1, 0.15) is 12.4 Å². The summed E-state index contributed by atoms with van der Waals surface area (Å²) in [7, 11) is 0. The van der Waals surface area contributed by atoms with Crippen LogP contribution in [0.15, 0.2) is 18.5 Å². The molecule has 1 unspecified atom stereocenters. The van der Waals surface area contributed by atoms with Gasteiger partial charge in [-0.2, -0.15) is 13.2 Å². The highest BCUT2D eigenvalue weighted by atomic mass is 19.4. The molecule has 1 aromatic heterocycles. The molecule has 1 atom stereocenters. The summed E-state index contributed by atoms with van der Waals surface area (Å²) in [5.74, 6) is 5.85. The van der Waals surface area contributed by atoms with Crippen LogP contribution < -0.4 is 16.0 Å². The summed E-state index contributed by atoms with van der Waals surface area (Å²) in [6.07, 6.45) is -1.37. The van der Waals surface area contributed by atoms with Crippen LogP contribution in [0.1, 0.15) is 25.5 Å². The Kier molecular flexibility index (Phi) is 6.18. The van der Waals surface area contributed by atoms with E-state index in [4.69, 9.17) is 10.6 Å². The summed E-state index contributed by atoms with van der Waals surface area (Å²) < 4.78 is 46.1. The molecule has 20 heavy (non-hydrogen) atoms. The van der Waals surface area contributed by atoms with Crippen LogP contribution >= 0.6 is 0 Å². The minimum atomic E-state index is -4.36. The van der Waals surface area contributed by atoms with Gasteiger partial charge in [-0.15, -0.1) is 0 Å². The van der Waals surface area contributed by atoms with Crippen molar-refractivity contribution < 1.29 is 22.6 Å².